The van der Waals surface area contributed by atoms with Gasteiger partial charge in [0.1, 0.15) is 5.82 Å². The van der Waals surface area contributed by atoms with E-state index in [4.69, 9.17) is 4.74 Å². The van der Waals surface area contributed by atoms with Crippen molar-refractivity contribution in [3.05, 3.63) is 35.1 Å². The van der Waals surface area contributed by atoms with Crippen LogP contribution in [-0.2, 0) is 4.74 Å². The Kier molecular flexibility index (Phi) is 4.55. The van der Waals surface area contributed by atoms with Crippen molar-refractivity contribution in [3.63, 3.8) is 0 Å². The van der Waals surface area contributed by atoms with E-state index in [-0.39, 0.29) is 18.0 Å². The van der Waals surface area contributed by atoms with E-state index in [1.807, 2.05) is 20.8 Å². The minimum atomic E-state index is -0.585. The van der Waals surface area contributed by atoms with E-state index >= 15 is 0 Å². The van der Waals surface area contributed by atoms with Crippen molar-refractivity contribution >= 4 is 0 Å². The first-order chi connectivity index (χ1) is 8.95. The van der Waals surface area contributed by atoms with Gasteiger partial charge in [-0.1, -0.05) is 6.07 Å². The first kappa shape index (κ1) is 14.4. The van der Waals surface area contributed by atoms with Crippen molar-refractivity contribution in [1.29, 1.82) is 0 Å². The normalized spacial score (nSPS) is 26.4. The number of halogens is 1. The smallest absolute Gasteiger partial charge is 0.123 e. The predicted octanol–water partition coefficient (Wildman–Crippen LogP) is 2.28. The summed E-state index contributed by atoms with van der Waals surface area (Å²) in [5, 5.41) is 10.3. The summed E-state index contributed by atoms with van der Waals surface area (Å²) in [6.45, 7) is 8.11. The van der Waals surface area contributed by atoms with Gasteiger partial charge in [0.2, 0.25) is 0 Å². The third-order valence-electron chi connectivity index (χ3n) is 3.52. The molecular weight excluding hydrogens is 245 g/mol. The van der Waals surface area contributed by atoms with Crippen LogP contribution in [0.2, 0.25) is 0 Å². The van der Waals surface area contributed by atoms with Crippen molar-refractivity contribution in [1.82, 2.24) is 4.90 Å². The van der Waals surface area contributed by atoms with Crippen LogP contribution in [0.3, 0.4) is 0 Å². The molecule has 2 rings (SSSR count). The molecule has 0 amide bonds. The quantitative estimate of drug-likeness (QED) is 0.912. The first-order valence-corrected chi connectivity index (χ1v) is 6.77. The van der Waals surface area contributed by atoms with Gasteiger partial charge >= 0.3 is 0 Å². The van der Waals surface area contributed by atoms with Crippen LogP contribution in [0.1, 0.15) is 31.1 Å². The number of morpholine rings is 1. The summed E-state index contributed by atoms with van der Waals surface area (Å²) in [6, 6.07) is 4.53. The molecule has 3 unspecified atom stereocenters. The Bertz CT molecular complexity index is 428. The highest BCUT2D eigenvalue weighted by molar-refractivity contribution is 5.28. The average Bonchev–Trinajstić information content (AvgIpc) is 2.26. The molecule has 1 saturated heterocycles. The number of ether oxygens (including phenoxy) is 1. The Labute approximate surface area is 114 Å². The Morgan fingerprint density at radius 1 is 1.37 bits per heavy atom. The maximum atomic E-state index is 13.1. The van der Waals surface area contributed by atoms with Crippen LogP contribution in [0.15, 0.2) is 18.2 Å². The molecule has 1 aliphatic rings. The van der Waals surface area contributed by atoms with E-state index in [9.17, 15) is 9.50 Å². The lowest BCUT2D eigenvalue weighted by molar-refractivity contribution is -0.0767. The monoisotopic (exact) mass is 267 g/mol. The molecule has 19 heavy (non-hydrogen) atoms. The number of nitrogens with zero attached hydrogens (tertiary/aromatic N) is 1. The zero-order chi connectivity index (χ0) is 14.0. The molecule has 0 aliphatic carbocycles. The zero-order valence-electron chi connectivity index (χ0n) is 11.8. The second-order valence-electron chi connectivity index (χ2n) is 5.49. The summed E-state index contributed by atoms with van der Waals surface area (Å²) in [5.74, 6) is -0.262. The predicted molar refractivity (Wildman–Crippen MR) is 72.5 cm³/mol. The van der Waals surface area contributed by atoms with Crippen LogP contribution in [-0.4, -0.2) is 41.8 Å². The maximum absolute atomic E-state index is 13.1. The Balaban J connectivity index is 2.02. The highest BCUT2D eigenvalue weighted by Gasteiger charge is 2.24. The largest absolute Gasteiger partial charge is 0.387 e. The highest BCUT2D eigenvalue weighted by Crippen LogP contribution is 2.21. The van der Waals surface area contributed by atoms with Gasteiger partial charge in [-0.15, -0.1) is 0 Å². The summed E-state index contributed by atoms with van der Waals surface area (Å²) in [6.07, 6.45) is -0.214. The lowest BCUT2D eigenvalue weighted by Gasteiger charge is -2.36. The number of aliphatic hydroxyl groups is 1. The molecule has 0 spiro atoms. The molecule has 1 aromatic rings. The summed E-state index contributed by atoms with van der Waals surface area (Å²) < 4.78 is 18.7. The molecule has 1 N–H and O–H groups in total. The molecule has 1 heterocycles. The van der Waals surface area contributed by atoms with Gasteiger partial charge in [-0.3, -0.25) is 4.90 Å². The van der Waals surface area contributed by atoms with Crippen LogP contribution >= 0.6 is 0 Å². The molecule has 1 aromatic carbocycles. The summed E-state index contributed by atoms with van der Waals surface area (Å²) in [5.41, 5.74) is 1.59. The van der Waals surface area contributed by atoms with Gasteiger partial charge < -0.3 is 9.84 Å². The van der Waals surface area contributed by atoms with Crippen molar-refractivity contribution < 1.29 is 14.2 Å². The molecular formula is C15H22FNO2. The van der Waals surface area contributed by atoms with E-state index < -0.39 is 6.10 Å². The number of aryl methyl sites for hydroxylation is 1. The van der Waals surface area contributed by atoms with Gasteiger partial charge in [0, 0.05) is 19.6 Å². The van der Waals surface area contributed by atoms with E-state index in [0.29, 0.717) is 6.54 Å². The van der Waals surface area contributed by atoms with Crippen molar-refractivity contribution in [2.24, 2.45) is 0 Å². The number of rotatable bonds is 3. The molecule has 3 atom stereocenters. The van der Waals surface area contributed by atoms with E-state index in [0.717, 1.165) is 24.2 Å². The number of aliphatic hydroxyl groups excluding tert-OH is 1. The fourth-order valence-electron chi connectivity index (χ4n) is 2.79. The van der Waals surface area contributed by atoms with Gasteiger partial charge in [0.25, 0.3) is 0 Å². The lowest BCUT2D eigenvalue weighted by atomic mass is 10.0. The van der Waals surface area contributed by atoms with Crippen LogP contribution < -0.4 is 0 Å². The summed E-state index contributed by atoms with van der Waals surface area (Å²) in [4.78, 5) is 2.20. The van der Waals surface area contributed by atoms with E-state index in [1.165, 1.54) is 12.1 Å². The molecule has 0 radical (unpaired) electrons. The van der Waals surface area contributed by atoms with Crippen LogP contribution in [0.5, 0.6) is 0 Å². The molecule has 106 valence electrons. The SMILES string of the molecule is Cc1cc(F)ccc1C(O)CN1CC(C)OC(C)C1. The highest BCUT2D eigenvalue weighted by atomic mass is 19.1. The first-order valence-electron chi connectivity index (χ1n) is 6.77. The molecule has 4 heteroatoms. The number of benzene rings is 1. The van der Waals surface area contributed by atoms with Crippen LogP contribution in [0.4, 0.5) is 4.39 Å². The van der Waals surface area contributed by atoms with E-state index in [1.54, 1.807) is 6.07 Å². The van der Waals surface area contributed by atoms with Crippen molar-refractivity contribution in [2.75, 3.05) is 19.6 Å². The maximum Gasteiger partial charge on any atom is 0.123 e. The van der Waals surface area contributed by atoms with Crippen LogP contribution in [0.25, 0.3) is 0 Å². The number of hydrogen-bond donors (Lipinski definition) is 1. The number of β-amino-alcohol motifs (C(OH)–C–C–N with tert-alkyl or cyclic N) is 1. The molecule has 0 aromatic heterocycles. The molecule has 0 bridgehead atoms. The Morgan fingerprint density at radius 2 is 2.00 bits per heavy atom. The molecule has 1 aliphatic heterocycles. The topological polar surface area (TPSA) is 32.7 Å². The summed E-state index contributed by atoms with van der Waals surface area (Å²) in [7, 11) is 0. The van der Waals surface area contributed by atoms with E-state index in [2.05, 4.69) is 4.90 Å². The van der Waals surface area contributed by atoms with Gasteiger partial charge in [0.05, 0.1) is 18.3 Å². The molecule has 1 fully saturated rings. The van der Waals surface area contributed by atoms with Crippen molar-refractivity contribution in [2.45, 2.75) is 39.1 Å². The third kappa shape index (κ3) is 3.75. The average molecular weight is 267 g/mol. The van der Waals surface area contributed by atoms with Crippen molar-refractivity contribution in [3.8, 4) is 0 Å². The second-order valence-corrected chi connectivity index (χ2v) is 5.49. The minimum Gasteiger partial charge on any atom is -0.387 e. The summed E-state index contributed by atoms with van der Waals surface area (Å²) >= 11 is 0. The Hall–Kier alpha value is -0.970. The van der Waals surface area contributed by atoms with Gasteiger partial charge in [-0.25, -0.2) is 4.39 Å². The fraction of sp³-hybridized carbons (Fsp3) is 0.600. The number of hydrogen-bond acceptors (Lipinski definition) is 3. The standard InChI is InChI=1S/C15H22FNO2/c1-10-6-13(16)4-5-14(10)15(18)9-17-7-11(2)19-12(3)8-17/h4-6,11-12,15,18H,7-9H2,1-3H3. The lowest BCUT2D eigenvalue weighted by Crippen LogP contribution is -2.46. The third-order valence-corrected chi connectivity index (χ3v) is 3.52. The molecule has 0 saturated carbocycles. The second kappa shape index (κ2) is 5.99. The van der Waals surface area contributed by atoms with Gasteiger partial charge in [0.15, 0.2) is 0 Å². The zero-order valence-corrected chi connectivity index (χ0v) is 11.8. The van der Waals surface area contributed by atoms with Crippen LogP contribution in [0, 0.1) is 12.7 Å². The Morgan fingerprint density at radius 3 is 2.58 bits per heavy atom. The fourth-order valence-corrected chi connectivity index (χ4v) is 2.79. The molecule has 3 nitrogen and oxygen atoms in total. The van der Waals surface area contributed by atoms with Gasteiger partial charge in [-0.2, -0.15) is 0 Å². The minimum absolute atomic E-state index is 0.185. The van der Waals surface area contributed by atoms with Gasteiger partial charge in [-0.05, 0) is 44.0 Å².